The molecular weight excluding hydrogens is 298 g/mol. The second-order valence-corrected chi connectivity index (χ2v) is 5.65. The number of aryl methyl sites for hydroxylation is 1. The lowest BCUT2D eigenvalue weighted by molar-refractivity contribution is -0.0377. The molecule has 0 aliphatic carbocycles. The second kappa shape index (κ2) is 5.99. The minimum absolute atomic E-state index is 0.0252. The Bertz CT molecular complexity index is 464. The maximum Gasteiger partial charge on any atom is 0.254 e. The molecule has 5 heteroatoms. The van der Waals surface area contributed by atoms with Gasteiger partial charge in [0.25, 0.3) is 5.56 Å². The predicted octanol–water partition coefficient (Wildman–Crippen LogP) is 1.71. The van der Waals surface area contributed by atoms with Crippen LogP contribution in [0.1, 0.15) is 18.4 Å². The minimum Gasteiger partial charge on any atom is -0.396 e. The van der Waals surface area contributed by atoms with Crippen LogP contribution in [0.15, 0.2) is 21.5 Å². The number of aliphatic hydroxyl groups excluding tert-OH is 1. The fraction of sp³-hybridized carbons (Fsp3) is 0.615. The Hall–Kier alpha value is -0.650. The van der Waals surface area contributed by atoms with Crippen molar-refractivity contribution in [3.8, 4) is 0 Å². The average molecular weight is 316 g/mol. The Balaban J connectivity index is 2.07. The molecule has 0 aromatic carbocycles. The van der Waals surface area contributed by atoms with Gasteiger partial charge in [0.1, 0.15) is 0 Å². The van der Waals surface area contributed by atoms with E-state index in [0.29, 0.717) is 13.2 Å². The predicted molar refractivity (Wildman–Crippen MR) is 72.7 cm³/mol. The quantitative estimate of drug-likeness (QED) is 0.864. The van der Waals surface area contributed by atoms with Crippen LogP contribution in [0.3, 0.4) is 0 Å². The Morgan fingerprint density at radius 1 is 1.50 bits per heavy atom. The van der Waals surface area contributed by atoms with Gasteiger partial charge in [0.2, 0.25) is 0 Å². The molecule has 0 amide bonds. The van der Waals surface area contributed by atoms with Gasteiger partial charge >= 0.3 is 0 Å². The molecule has 0 bridgehead atoms. The van der Waals surface area contributed by atoms with E-state index in [2.05, 4.69) is 15.9 Å². The molecule has 0 saturated carbocycles. The summed E-state index contributed by atoms with van der Waals surface area (Å²) in [5.74, 6) is 0.249. The van der Waals surface area contributed by atoms with Crippen LogP contribution in [0, 0.1) is 12.8 Å². The zero-order chi connectivity index (χ0) is 13.1. The molecule has 100 valence electrons. The van der Waals surface area contributed by atoms with Crippen molar-refractivity contribution in [2.24, 2.45) is 5.92 Å². The first-order chi connectivity index (χ1) is 8.61. The molecule has 1 aliphatic heterocycles. The number of nitrogens with zero attached hydrogens (tertiary/aromatic N) is 1. The summed E-state index contributed by atoms with van der Waals surface area (Å²) in [4.78, 5) is 12.0. The summed E-state index contributed by atoms with van der Waals surface area (Å²) >= 11 is 3.40. The Labute approximate surface area is 115 Å². The fourth-order valence-corrected chi connectivity index (χ4v) is 2.63. The van der Waals surface area contributed by atoms with Crippen LogP contribution >= 0.6 is 15.9 Å². The van der Waals surface area contributed by atoms with Crippen LogP contribution in [0.4, 0.5) is 0 Å². The van der Waals surface area contributed by atoms with Gasteiger partial charge in [0, 0.05) is 18.1 Å². The molecular formula is C13H18BrNO3. The van der Waals surface area contributed by atoms with Gasteiger partial charge in [-0.05, 0) is 41.8 Å². The lowest BCUT2D eigenvalue weighted by atomic mass is 9.99. The highest BCUT2D eigenvalue weighted by Gasteiger charge is 2.22. The van der Waals surface area contributed by atoms with Crippen LogP contribution in [0.2, 0.25) is 0 Å². The molecule has 1 aliphatic rings. The Morgan fingerprint density at radius 3 is 2.89 bits per heavy atom. The molecule has 18 heavy (non-hydrogen) atoms. The molecule has 2 atom stereocenters. The Morgan fingerprint density at radius 2 is 2.28 bits per heavy atom. The molecule has 4 nitrogen and oxygen atoms in total. The van der Waals surface area contributed by atoms with E-state index in [1.165, 1.54) is 0 Å². The van der Waals surface area contributed by atoms with Crippen molar-refractivity contribution in [3.05, 3.63) is 32.7 Å². The summed E-state index contributed by atoms with van der Waals surface area (Å²) in [7, 11) is 0. The van der Waals surface area contributed by atoms with E-state index in [1.807, 2.05) is 19.1 Å². The van der Waals surface area contributed by atoms with Crippen LogP contribution in [-0.4, -0.2) is 29.0 Å². The number of halogens is 1. The van der Waals surface area contributed by atoms with Crippen LogP contribution in [0.25, 0.3) is 0 Å². The summed E-state index contributed by atoms with van der Waals surface area (Å²) in [5.41, 5.74) is 0.763. The van der Waals surface area contributed by atoms with Gasteiger partial charge in [-0.25, -0.2) is 0 Å². The average Bonchev–Trinajstić information content (AvgIpc) is 2.40. The summed E-state index contributed by atoms with van der Waals surface area (Å²) < 4.78 is 8.19. The summed E-state index contributed by atoms with van der Waals surface area (Å²) in [6.07, 6.45) is 1.90. The molecule has 1 aromatic heterocycles. The highest BCUT2D eigenvalue weighted by atomic mass is 79.9. The molecule has 0 spiro atoms. The smallest absolute Gasteiger partial charge is 0.254 e. The molecule has 0 radical (unpaired) electrons. The SMILES string of the molecule is Cc1ccc(Br)n(CC2CCC(CO)CO2)c1=O. The van der Waals surface area contributed by atoms with Gasteiger partial charge in [0.05, 0.1) is 23.9 Å². The number of aliphatic hydroxyl groups is 1. The second-order valence-electron chi connectivity index (χ2n) is 4.84. The maximum absolute atomic E-state index is 12.0. The van der Waals surface area contributed by atoms with E-state index in [-0.39, 0.29) is 24.2 Å². The standard InChI is InChI=1S/C13H18BrNO3/c1-9-2-5-12(14)15(13(9)17)6-11-4-3-10(7-16)8-18-11/h2,5,10-11,16H,3-4,6-8H2,1H3. The topological polar surface area (TPSA) is 51.5 Å². The number of ether oxygens (including phenoxy) is 1. The number of rotatable bonds is 3. The summed E-state index contributed by atoms with van der Waals surface area (Å²) in [6.45, 7) is 3.15. The highest BCUT2D eigenvalue weighted by Crippen LogP contribution is 2.20. The van der Waals surface area contributed by atoms with Crippen molar-refractivity contribution in [2.45, 2.75) is 32.4 Å². The molecule has 1 saturated heterocycles. The van der Waals surface area contributed by atoms with Gasteiger partial charge in [-0.15, -0.1) is 0 Å². The molecule has 2 heterocycles. The van der Waals surface area contributed by atoms with Crippen LogP contribution in [0.5, 0.6) is 0 Å². The highest BCUT2D eigenvalue weighted by molar-refractivity contribution is 9.10. The first kappa shape index (κ1) is 13.8. The molecule has 1 aromatic rings. The van der Waals surface area contributed by atoms with Crippen molar-refractivity contribution in [2.75, 3.05) is 13.2 Å². The zero-order valence-electron chi connectivity index (χ0n) is 10.4. The normalized spacial score (nSPS) is 24.2. The van der Waals surface area contributed by atoms with Crippen LogP contribution in [-0.2, 0) is 11.3 Å². The van der Waals surface area contributed by atoms with Gasteiger partial charge < -0.3 is 9.84 Å². The molecule has 1 fully saturated rings. The van der Waals surface area contributed by atoms with Gasteiger partial charge in [-0.3, -0.25) is 9.36 Å². The fourth-order valence-electron chi connectivity index (χ4n) is 2.19. The third-order valence-electron chi connectivity index (χ3n) is 3.42. The van der Waals surface area contributed by atoms with E-state index in [9.17, 15) is 4.79 Å². The number of aromatic nitrogens is 1. The monoisotopic (exact) mass is 315 g/mol. The van der Waals surface area contributed by atoms with Gasteiger partial charge in [0.15, 0.2) is 0 Å². The van der Waals surface area contributed by atoms with E-state index in [4.69, 9.17) is 9.84 Å². The van der Waals surface area contributed by atoms with Gasteiger partial charge in [-0.2, -0.15) is 0 Å². The summed E-state index contributed by atoms with van der Waals surface area (Å²) in [6, 6.07) is 3.70. The van der Waals surface area contributed by atoms with Crippen LogP contribution < -0.4 is 5.56 Å². The molecule has 2 unspecified atom stereocenters. The van der Waals surface area contributed by atoms with Gasteiger partial charge in [-0.1, -0.05) is 6.07 Å². The van der Waals surface area contributed by atoms with E-state index < -0.39 is 0 Å². The van der Waals surface area contributed by atoms with Crippen molar-refractivity contribution >= 4 is 15.9 Å². The van der Waals surface area contributed by atoms with E-state index in [0.717, 1.165) is 23.0 Å². The third kappa shape index (κ3) is 3.02. The maximum atomic E-state index is 12.0. The van der Waals surface area contributed by atoms with Crippen molar-refractivity contribution in [3.63, 3.8) is 0 Å². The van der Waals surface area contributed by atoms with E-state index >= 15 is 0 Å². The lowest BCUT2D eigenvalue weighted by Gasteiger charge is -2.28. The lowest BCUT2D eigenvalue weighted by Crippen LogP contribution is -2.34. The third-order valence-corrected chi connectivity index (χ3v) is 4.11. The van der Waals surface area contributed by atoms with Crippen molar-refractivity contribution in [1.29, 1.82) is 0 Å². The zero-order valence-corrected chi connectivity index (χ0v) is 12.0. The molecule has 1 N–H and O–H groups in total. The molecule has 2 rings (SSSR count). The number of hydrogen-bond donors (Lipinski definition) is 1. The van der Waals surface area contributed by atoms with Crippen molar-refractivity contribution < 1.29 is 9.84 Å². The largest absolute Gasteiger partial charge is 0.396 e. The van der Waals surface area contributed by atoms with Crippen molar-refractivity contribution in [1.82, 2.24) is 4.57 Å². The van der Waals surface area contributed by atoms with E-state index in [1.54, 1.807) is 4.57 Å². The first-order valence-electron chi connectivity index (χ1n) is 6.20. The minimum atomic E-state index is 0.0252. The summed E-state index contributed by atoms with van der Waals surface area (Å²) in [5, 5.41) is 9.05. The Kier molecular flexibility index (Phi) is 4.59. The number of pyridine rings is 1. The number of hydrogen-bond acceptors (Lipinski definition) is 3. The first-order valence-corrected chi connectivity index (χ1v) is 6.99.